The van der Waals surface area contributed by atoms with E-state index in [0.717, 1.165) is 0 Å². The van der Waals surface area contributed by atoms with Crippen LogP contribution >= 0.6 is 0 Å². The molecule has 0 aromatic heterocycles. The van der Waals surface area contributed by atoms with Gasteiger partial charge in [-0.3, -0.25) is 9.69 Å². The highest BCUT2D eigenvalue weighted by atomic mass is 19.3. The molecule has 1 heterocycles. The first-order valence-corrected chi connectivity index (χ1v) is 8.89. The highest BCUT2D eigenvalue weighted by Gasteiger charge is 2.59. The van der Waals surface area contributed by atoms with Crippen molar-refractivity contribution in [1.82, 2.24) is 4.90 Å². The fourth-order valence-electron chi connectivity index (χ4n) is 3.70. The predicted molar refractivity (Wildman–Crippen MR) is 98.1 cm³/mol. The summed E-state index contributed by atoms with van der Waals surface area (Å²) >= 11 is 0. The van der Waals surface area contributed by atoms with Crippen molar-refractivity contribution in [1.29, 1.82) is 0 Å². The summed E-state index contributed by atoms with van der Waals surface area (Å²) in [5.41, 5.74) is 4.28. The van der Waals surface area contributed by atoms with E-state index in [4.69, 9.17) is 5.73 Å². The molecular formula is C19H25F3N4O. The Bertz CT molecular complexity index is 823. The lowest BCUT2D eigenvalue weighted by Gasteiger charge is -2.46. The Morgan fingerprint density at radius 2 is 1.93 bits per heavy atom. The minimum absolute atomic E-state index is 0.00516. The second-order valence-electron chi connectivity index (χ2n) is 8.23. The summed E-state index contributed by atoms with van der Waals surface area (Å²) in [4.78, 5) is 18.4. The fourth-order valence-corrected chi connectivity index (χ4v) is 3.70. The highest BCUT2D eigenvalue weighted by molar-refractivity contribution is 6.01. The number of carbonyl (C=O) groups excluding carboxylic acids is 1. The first kappa shape index (κ1) is 19.5. The van der Waals surface area contributed by atoms with Gasteiger partial charge in [0.25, 0.3) is 5.92 Å². The molecule has 8 heteroatoms. The Morgan fingerprint density at radius 3 is 2.48 bits per heavy atom. The van der Waals surface area contributed by atoms with Gasteiger partial charge in [0.05, 0.1) is 5.41 Å². The van der Waals surface area contributed by atoms with Crippen molar-refractivity contribution in [3.8, 4) is 0 Å². The number of hydrogen-bond donors (Lipinski definition) is 2. The molecule has 27 heavy (non-hydrogen) atoms. The third kappa shape index (κ3) is 2.95. The van der Waals surface area contributed by atoms with Crippen LogP contribution in [0.5, 0.6) is 0 Å². The monoisotopic (exact) mass is 382 g/mol. The number of nitrogens with two attached hydrogens (primary N) is 1. The lowest BCUT2D eigenvalue weighted by Crippen LogP contribution is -2.58. The molecule has 1 saturated carbocycles. The topological polar surface area (TPSA) is 70.7 Å². The van der Waals surface area contributed by atoms with Gasteiger partial charge in [-0.2, -0.15) is 0 Å². The quantitative estimate of drug-likeness (QED) is 0.839. The van der Waals surface area contributed by atoms with Crippen molar-refractivity contribution in [3.05, 3.63) is 29.6 Å². The van der Waals surface area contributed by atoms with Crippen LogP contribution in [0.25, 0.3) is 0 Å². The Morgan fingerprint density at radius 1 is 1.33 bits per heavy atom. The number of hydrogen-bond acceptors (Lipinski definition) is 4. The van der Waals surface area contributed by atoms with E-state index in [1.165, 1.54) is 30.1 Å². The first-order chi connectivity index (χ1) is 12.3. The van der Waals surface area contributed by atoms with Gasteiger partial charge in [0, 0.05) is 36.7 Å². The summed E-state index contributed by atoms with van der Waals surface area (Å²) in [6.45, 7) is 6.71. The van der Waals surface area contributed by atoms with Crippen LogP contribution in [-0.2, 0) is 10.3 Å². The van der Waals surface area contributed by atoms with Crippen molar-refractivity contribution >= 4 is 17.6 Å². The SMILES string of the molecule is CC(Nc1ccc(F)c([C@@]2(C)N=C(N)N(C)C(=O)C2(C)C)c1)C1CC1(F)F. The average Bonchev–Trinajstić information content (AvgIpc) is 3.22. The zero-order valence-corrected chi connectivity index (χ0v) is 16.1. The smallest absolute Gasteiger partial charge is 0.253 e. The number of benzene rings is 1. The molecule has 1 aromatic rings. The van der Waals surface area contributed by atoms with Gasteiger partial charge in [-0.05, 0) is 45.9 Å². The summed E-state index contributed by atoms with van der Waals surface area (Å²) in [5, 5.41) is 3.02. The molecule has 1 aliphatic carbocycles. The Labute approximate surface area is 156 Å². The van der Waals surface area contributed by atoms with Crippen LogP contribution in [0.15, 0.2) is 23.2 Å². The number of guanidine groups is 1. The van der Waals surface area contributed by atoms with E-state index in [0.29, 0.717) is 5.69 Å². The van der Waals surface area contributed by atoms with Gasteiger partial charge in [0.1, 0.15) is 11.4 Å². The van der Waals surface area contributed by atoms with Crippen LogP contribution < -0.4 is 11.1 Å². The van der Waals surface area contributed by atoms with Gasteiger partial charge in [-0.15, -0.1) is 0 Å². The molecule has 1 aromatic carbocycles. The molecule has 3 atom stereocenters. The molecule has 3 N–H and O–H groups in total. The number of carbonyl (C=O) groups is 1. The van der Waals surface area contributed by atoms with Crippen molar-refractivity contribution in [3.63, 3.8) is 0 Å². The molecule has 0 bridgehead atoms. The molecule has 0 saturated heterocycles. The van der Waals surface area contributed by atoms with Crippen LogP contribution in [0.2, 0.25) is 0 Å². The van der Waals surface area contributed by atoms with Crippen molar-refractivity contribution < 1.29 is 18.0 Å². The van der Waals surface area contributed by atoms with Crippen LogP contribution in [0, 0.1) is 17.2 Å². The minimum atomic E-state index is -2.65. The molecule has 2 aliphatic rings. The van der Waals surface area contributed by atoms with Crippen LogP contribution in [-0.4, -0.2) is 35.8 Å². The zero-order valence-electron chi connectivity index (χ0n) is 16.1. The van der Waals surface area contributed by atoms with Crippen LogP contribution in [0.4, 0.5) is 18.9 Å². The van der Waals surface area contributed by atoms with E-state index < -0.39 is 34.7 Å². The molecule has 0 spiro atoms. The van der Waals surface area contributed by atoms with Gasteiger partial charge in [-0.1, -0.05) is 0 Å². The lowest BCUT2D eigenvalue weighted by atomic mass is 9.67. The molecule has 3 rings (SSSR count). The van der Waals surface area contributed by atoms with E-state index in [9.17, 15) is 18.0 Å². The number of amides is 1. The lowest BCUT2D eigenvalue weighted by molar-refractivity contribution is -0.140. The molecule has 0 radical (unpaired) electrons. The second-order valence-corrected chi connectivity index (χ2v) is 8.23. The zero-order chi connectivity index (χ0) is 20.4. The van der Waals surface area contributed by atoms with E-state index in [1.807, 2.05) is 0 Å². The van der Waals surface area contributed by atoms with Gasteiger partial charge >= 0.3 is 0 Å². The van der Waals surface area contributed by atoms with Gasteiger partial charge in [-0.25, -0.2) is 18.2 Å². The normalized spacial score (nSPS) is 29.9. The van der Waals surface area contributed by atoms with Crippen molar-refractivity contribution in [2.45, 2.75) is 51.6 Å². The van der Waals surface area contributed by atoms with Gasteiger partial charge in [0.2, 0.25) is 5.91 Å². The highest BCUT2D eigenvalue weighted by Crippen LogP contribution is 2.51. The van der Waals surface area contributed by atoms with E-state index >= 15 is 0 Å². The maximum Gasteiger partial charge on any atom is 0.253 e. The Kier molecular flexibility index (Phi) is 4.24. The van der Waals surface area contributed by atoms with E-state index in [2.05, 4.69) is 10.3 Å². The second kappa shape index (κ2) is 5.87. The standard InChI is InChI=1S/C19H25F3N4O/c1-10(13-9-19(13,21)22)24-11-6-7-14(20)12(8-11)18(4)17(2,3)15(27)26(5)16(23)25-18/h6-8,10,13,24H,9H2,1-5H3,(H2,23,25)/t10?,13?,18-/m1/s1. The Hall–Kier alpha value is -2.25. The Balaban J connectivity index is 2.00. The maximum atomic E-state index is 14.7. The van der Waals surface area contributed by atoms with E-state index in [-0.39, 0.29) is 23.9 Å². The molecule has 2 unspecified atom stereocenters. The fraction of sp³-hybridized carbons (Fsp3) is 0.579. The van der Waals surface area contributed by atoms with Crippen molar-refractivity contribution in [2.75, 3.05) is 12.4 Å². The number of halogens is 3. The largest absolute Gasteiger partial charge is 0.382 e. The number of aliphatic imine (C=N–C) groups is 1. The third-order valence-electron chi connectivity index (χ3n) is 6.10. The minimum Gasteiger partial charge on any atom is -0.382 e. The van der Waals surface area contributed by atoms with Crippen LogP contribution in [0.3, 0.4) is 0 Å². The summed E-state index contributed by atoms with van der Waals surface area (Å²) in [5.74, 6) is -4.19. The van der Waals surface area contributed by atoms with E-state index in [1.54, 1.807) is 27.7 Å². The number of nitrogens with one attached hydrogen (secondary N) is 1. The molecule has 148 valence electrons. The van der Waals surface area contributed by atoms with Crippen LogP contribution in [0.1, 0.15) is 39.7 Å². The molecule has 1 fully saturated rings. The molecule has 1 aliphatic heterocycles. The number of rotatable bonds is 4. The maximum absolute atomic E-state index is 14.7. The summed E-state index contributed by atoms with van der Waals surface area (Å²) in [6, 6.07) is 3.82. The molecular weight excluding hydrogens is 357 g/mol. The first-order valence-electron chi connectivity index (χ1n) is 8.89. The number of nitrogens with zero attached hydrogens (tertiary/aromatic N) is 2. The molecule has 5 nitrogen and oxygen atoms in total. The average molecular weight is 382 g/mol. The number of anilines is 1. The predicted octanol–water partition coefficient (Wildman–Crippen LogP) is 3.31. The van der Waals surface area contributed by atoms with Crippen molar-refractivity contribution in [2.24, 2.45) is 22.1 Å². The van der Waals surface area contributed by atoms with Gasteiger partial charge < -0.3 is 11.1 Å². The number of alkyl halides is 2. The van der Waals surface area contributed by atoms with Gasteiger partial charge in [0.15, 0.2) is 5.96 Å². The summed E-state index contributed by atoms with van der Waals surface area (Å²) in [7, 11) is 1.52. The molecule has 1 amide bonds. The summed E-state index contributed by atoms with van der Waals surface area (Å²) in [6.07, 6.45) is -0.151. The third-order valence-corrected chi connectivity index (χ3v) is 6.10. The summed E-state index contributed by atoms with van der Waals surface area (Å²) < 4.78 is 41.3.